The lowest BCUT2D eigenvalue weighted by atomic mass is 9.93. The molecule has 0 saturated heterocycles. The molecule has 3 aromatic rings. The molecule has 1 atom stereocenters. The van der Waals surface area contributed by atoms with Crippen LogP contribution in [0.15, 0.2) is 36.8 Å². The molecule has 2 amide bonds. The van der Waals surface area contributed by atoms with E-state index in [-0.39, 0.29) is 24.3 Å². The first-order valence-electron chi connectivity index (χ1n) is 9.05. The van der Waals surface area contributed by atoms with Gasteiger partial charge in [0.15, 0.2) is 5.82 Å². The van der Waals surface area contributed by atoms with Crippen LogP contribution < -0.4 is 10.6 Å². The average molecular weight is 386 g/mol. The molecule has 2 heterocycles. The zero-order valence-electron chi connectivity index (χ0n) is 15.3. The zero-order valence-corrected chi connectivity index (χ0v) is 15.3. The summed E-state index contributed by atoms with van der Waals surface area (Å²) in [5.41, 5.74) is 3.05. The Balaban J connectivity index is 1.36. The van der Waals surface area contributed by atoms with Gasteiger partial charge in [0, 0.05) is 42.7 Å². The van der Waals surface area contributed by atoms with Gasteiger partial charge in [-0.2, -0.15) is 10.2 Å². The molecule has 4 rings (SSSR count). The summed E-state index contributed by atoms with van der Waals surface area (Å²) in [7, 11) is 1.91. The standard InChI is InChI=1S/C19H20F2N6O/c1-26-17-4-2-3-16(14(17)10-23-26)25-19(28)22-8-12-9-24-27(11-12)18-6-5-13(20)7-15(18)21/h5-7,9-11,16H,2-4,8H2,1H3,(H2,22,25,28). The van der Waals surface area contributed by atoms with E-state index in [0.717, 1.165) is 36.6 Å². The molecule has 1 aliphatic carbocycles. The maximum atomic E-state index is 13.9. The lowest BCUT2D eigenvalue weighted by Gasteiger charge is -2.23. The van der Waals surface area contributed by atoms with Gasteiger partial charge in [-0.25, -0.2) is 18.3 Å². The summed E-state index contributed by atoms with van der Waals surface area (Å²) < 4.78 is 30.1. The van der Waals surface area contributed by atoms with Crippen molar-refractivity contribution in [2.75, 3.05) is 0 Å². The molecular formula is C19H20F2N6O. The topological polar surface area (TPSA) is 76.8 Å². The highest BCUT2D eigenvalue weighted by Gasteiger charge is 2.24. The van der Waals surface area contributed by atoms with Crippen LogP contribution in [0.4, 0.5) is 13.6 Å². The lowest BCUT2D eigenvalue weighted by Crippen LogP contribution is -2.38. The fraction of sp³-hybridized carbons (Fsp3) is 0.316. The predicted molar refractivity (Wildman–Crippen MR) is 97.7 cm³/mol. The summed E-state index contributed by atoms with van der Waals surface area (Å²) in [6.45, 7) is 0.237. The first-order valence-corrected chi connectivity index (χ1v) is 9.05. The van der Waals surface area contributed by atoms with Crippen LogP contribution in [0.2, 0.25) is 0 Å². The second-order valence-corrected chi connectivity index (χ2v) is 6.83. The number of hydrogen-bond donors (Lipinski definition) is 2. The fourth-order valence-electron chi connectivity index (χ4n) is 3.50. The Morgan fingerprint density at radius 3 is 2.96 bits per heavy atom. The highest BCUT2D eigenvalue weighted by Crippen LogP contribution is 2.28. The number of nitrogens with one attached hydrogen (secondary N) is 2. The van der Waals surface area contributed by atoms with Crippen LogP contribution in [0.25, 0.3) is 5.69 Å². The Kier molecular flexibility index (Phi) is 4.81. The van der Waals surface area contributed by atoms with E-state index in [9.17, 15) is 13.6 Å². The monoisotopic (exact) mass is 386 g/mol. The van der Waals surface area contributed by atoms with Crippen molar-refractivity contribution in [1.82, 2.24) is 30.2 Å². The van der Waals surface area contributed by atoms with Crippen molar-refractivity contribution in [3.8, 4) is 5.69 Å². The molecule has 146 valence electrons. The quantitative estimate of drug-likeness (QED) is 0.724. The molecule has 0 bridgehead atoms. The summed E-state index contributed by atoms with van der Waals surface area (Å²) in [6, 6.07) is 2.94. The van der Waals surface area contributed by atoms with Crippen LogP contribution in [-0.4, -0.2) is 25.6 Å². The van der Waals surface area contributed by atoms with Crippen LogP contribution in [0.5, 0.6) is 0 Å². The van der Waals surface area contributed by atoms with Crippen molar-refractivity contribution in [3.05, 3.63) is 65.2 Å². The molecule has 0 aliphatic heterocycles. The van der Waals surface area contributed by atoms with Gasteiger partial charge in [-0.15, -0.1) is 0 Å². The van der Waals surface area contributed by atoms with Gasteiger partial charge in [0.2, 0.25) is 0 Å². The molecule has 2 N–H and O–H groups in total. The van der Waals surface area contributed by atoms with Gasteiger partial charge in [0.05, 0.1) is 18.4 Å². The minimum Gasteiger partial charge on any atom is -0.334 e. The number of carbonyl (C=O) groups is 1. The molecule has 0 spiro atoms. The van der Waals surface area contributed by atoms with Gasteiger partial charge in [0.25, 0.3) is 0 Å². The Bertz CT molecular complexity index is 1010. The van der Waals surface area contributed by atoms with E-state index in [4.69, 9.17) is 0 Å². The van der Waals surface area contributed by atoms with Gasteiger partial charge < -0.3 is 10.6 Å². The van der Waals surface area contributed by atoms with Gasteiger partial charge in [-0.3, -0.25) is 4.68 Å². The Labute approximate surface area is 160 Å². The third kappa shape index (κ3) is 3.60. The number of amides is 2. The van der Waals surface area contributed by atoms with Crippen LogP contribution in [0.3, 0.4) is 0 Å². The molecule has 0 radical (unpaired) electrons. The summed E-state index contributed by atoms with van der Waals surface area (Å²) >= 11 is 0. The minimum absolute atomic E-state index is 0.0616. The van der Waals surface area contributed by atoms with Gasteiger partial charge >= 0.3 is 6.03 Å². The third-order valence-electron chi connectivity index (χ3n) is 4.93. The highest BCUT2D eigenvalue weighted by molar-refractivity contribution is 5.74. The number of urea groups is 1. The SMILES string of the molecule is Cn1ncc2c1CCCC2NC(=O)NCc1cnn(-c2ccc(F)cc2F)c1. The van der Waals surface area contributed by atoms with E-state index in [2.05, 4.69) is 20.8 Å². The van der Waals surface area contributed by atoms with Crippen LogP contribution in [0, 0.1) is 11.6 Å². The Morgan fingerprint density at radius 1 is 1.29 bits per heavy atom. The first-order chi connectivity index (χ1) is 13.5. The molecule has 0 fully saturated rings. The van der Waals surface area contributed by atoms with Crippen molar-refractivity contribution < 1.29 is 13.6 Å². The highest BCUT2D eigenvalue weighted by atomic mass is 19.1. The first kappa shape index (κ1) is 18.1. The molecule has 0 saturated carbocycles. The number of hydrogen-bond acceptors (Lipinski definition) is 3. The smallest absolute Gasteiger partial charge is 0.315 e. The van der Waals surface area contributed by atoms with Crippen molar-refractivity contribution in [2.45, 2.75) is 31.8 Å². The maximum absolute atomic E-state index is 13.9. The van der Waals surface area contributed by atoms with E-state index >= 15 is 0 Å². The molecule has 1 unspecified atom stereocenters. The van der Waals surface area contributed by atoms with E-state index in [1.54, 1.807) is 12.4 Å². The summed E-state index contributed by atoms with van der Waals surface area (Å²) in [4.78, 5) is 12.3. The normalized spacial score (nSPS) is 15.9. The third-order valence-corrected chi connectivity index (χ3v) is 4.93. The van der Waals surface area contributed by atoms with Crippen LogP contribution in [-0.2, 0) is 20.0 Å². The van der Waals surface area contributed by atoms with Crippen LogP contribution >= 0.6 is 0 Å². The molecule has 1 aromatic carbocycles. The van der Waals surface area contributed by atoms with Gasteiger partial charge in [-0.05, 0) is 31.4 Å². The molecule has 2 aromatic heterocycles. The van der Waals surface area contributed by atoms with Crippen molar-refractivity contribution in [1.29, 1.82) is 0 Å². The van der Waals surface area contributed by atoms with Gasteiger partial charge in [0.1, 0.15) is 11.5 Å². The van der Waals surface area contributed by atoms with Crippen molar-refractivity contribution in [2.24, 2.45) is 7.05 Å². The fourth-order valence-corrected chi connectivity index (χ4v) is 3.50. The number of carbonyl (C=O) groups excluding carboxylic acids is 1. The molecular weight excluding hydrogens is 366 g/mol. The molecule has 7 nitrogen and oxygen atoms in total. The summed E-state index contributed by atoms with van der Waals surface area (Å²) in [5.74, 6) is -1.35. The zero-order chi connectivity index (χ0) is 19.7. The maximum Gasteiger partial charge on any atom is 0.315 e. The number of rotatable bonds is 4. The van der Waals surface area contributed by atoms with Crippen molar-refractivity contribution >= 4 is 6.03 Å². The second kappa shape index (κ2) is 7.41. The Hall–Kier alpha value is -3.23. The Morgan fingerprint density at radius 2 is 2.14 bits per heavy atom. The largest absolute Gasteiger partial charge is 0.334 e. The van der Waals surface area contributed by atoms with E-state index in [1.165, 1.54) is 23.0 Å². The minimum atomic E-state index is -0.704. The van der Waals surface area contributed by atoms with Gasteiger partial charge in [-0.1, -0.05) is 0 Å². The number of nitrogens with zero attached hydrogens (tertiary/aromatic N) is 4. The number of benzene rings is 1. The lowest BCUT2D eigenvalue weighted by molar-refractivity contribution is 0.235. The van der Waals surface area contributed by atoms with E-state index in [1.807, 2.05) is 11.7 Å². The van der Waals surface area contributed by atoms with E-state index < -0.39 is 11.6 Å². The summed E-state index contributed by atoms with van der Waals surface area (Å²) in [5, 5.41) is 14.1. The molecule has 1 aliphatic rings. The summed E-state index contributed by atoms with van der Waals surface area (Å²) in [6.07, 6.45) is 7.76. The number of aryl methyl sites for hydroxylation is 1. The average Bonchev–Trinajstić information content (AvgIpc) is 3.28. The van der Waals surface area contributed by atoms with Crippen molar-refractivity contribution in [3.63, 3.8) is 0 Å². The number of fused-ring (bicyclic) bond motifs is 1. The molecule has 9 heteroatoms. The number of halogens is 2. The van der Waals surface area contributed by atoms with Crippen LogP contribution in [0.1, 0.15) is 35.7 Å². The number of aromatic nitrogens is 4. The second-order valence-electron chi connectivity index (χ2n) is 6.83. The predicted octanol–water partition coefficient (Wildman–Crippen LogP) is 2.76. The molecule has 28 heavy (non-hydrogen) atoms. The van der Waals surface area contributed by atoms with E-state index in [0.29, 0.717) is 5.56 Å².